The van der Waals surface area contributed by atoms with Crippen LogP contribution in [-0.4, -0.2) is 24.4 Å². The molecule has 2 N–H and O–H groups in total. The van der Waals surface area contributed by atoms with Crippen LogP contribution in [0.2, 0.25) is 9.36 Å². The second-order valence-corrected chi connectivity index (χ2v) is 7.22. The van der Waals surface area contributed by atoms with E-state index in [4.69, 9.17) is 23.2 Å². The zero-order chi connectivity index (χ0) is 17.0. The number of carbonyl (C=O) groups excluding carboxylic acids is 1. The minimum Gasteiger partial charge on any atom is -0.325 e. The molecule has 0 aliphatic carbocycles. The molecule has 1 aromatic carbocycles. The van der Waals surface area contributed by atoms with E-state index in [1.54, 1.807) is 0 Å². The van der Waals surface area contributed by atoms with Crippen molar-refractivity contribution in [3.8, 4) is 0 Å². The Bertz CT molecular complexity index is 736. The Balaban J connectivity index is 1.99. The topological polar surface area (TPSA) is 76.7 Å². The molecular weight excluding hydrogens is 361 g/mol. The molecular formula is C14H14Cl2N3O3S+. The minimum absolute atomic E-state index is 0.0967. The Morgan fingerprint density at radius 1 is 1.35 bits per heavy atom. The molecule has 6 nitrogen and oxygen atoms in total. The fourth-order valence-corrected chi connectivity index (χ4v) is 3.42. The molecule has 1 atom stereocenters. The van der Waals surface area contributed by atoms with E-state index in [0.717, 1.165) is 9.78 Å². The van der Waals surface area contributed by atoms with Crippen molar-refractivity contribution < 1.29 is 14.6 Å². The van der Waals surface area contributed by atoms with Gasteiger partial charge in [-0.1, -0.05) is 23.2 Å². The standard InChI is InChI=1S/C14H13Cl2N3O3S/c1-18(7-10-3-5-13(16)23-10)8-14(20)17-11-6-9(15)2-4-12(11)19(21)22/h2-6H,7-8H2,1H3,(H,17,20)/p+1. The Morgan fingerprint density at radius 2 is 2.09 bits per heavy atom. The summed E-state index contributed by atoms with van der Waals surface area (Å²) >= 11 is 13.2. The van der Waals surface area contributed by atoms with Crippen LogP contribution in [-0.2, 0) is 11.3 Å². The van der Waals surface area contributed by atoms with Gasteiger partial charge in [-0.15, -0.1) is 11.3 Å². The lowest BCUT2D eigenvalue weighted by atomic mass is 10.2. The summed E-state index contributed by atoms with van der Waals surface area (Å²) in [6.07, 6.45) is 0. The van der Waals surface area contributed by atoms with E-state index in [-0.39, 0.29) is 23.8 Å². The molecule has 1 unspecified atom stereocenters. The Morgan fingerprint density at radius 3 is 2.70 bits per heavy atom. The highest BCUT2D eigenvalue weighted by molar-refractivity contribution is 7.16. The zero-order valence-electron chi connectivity index (χ0n) is 12.1. The maximum absolute atomic E-state index is 12.1. The van der Waals surface area contributed by atoms with Gasteiger partial charge in [-0.3, -0.25) is 14.9 Å². The second-order valence-electron chi connectivity index (χ2n) is 4.98. The van der Waals surface area contributed by atoms with Crippen LogP contribution in [0, 0.1) is 10.1 Å². The van der Waals surface area contributed by atoms with Crippen molar-refractivity contribution in [1.29, 1.82) is 0 Å². The molecule has 0 radical (unpaired) electrons. The summed E-state index contributed by atoms with van der Waals surface area (Å²) in [6, 6.07) is 7.77. The van der Waals surface area contributed by atoms with E-state index in [2.05, 4.69) is 5.32 Å². The van der Waals surface area contributed by atoms with Gasteiger partial charge in [0, 0.05) is 11.1 Å². The SMILES string of the molecule is C[NH+](CC(=O)Nc1cc(Cl)ccc1[N+](=O)[O-])Cc1ccc(Cl)s1. The van der Waals surface area contributed by atoms with Gasteiger partial charge in [-0.25, -0.2) is 0 Å². The molecule has 0 fully saturated rings. The normalized spacial score (nSPS) is 12.0. The van der Waals surface area contributed by atoms with Crippen molar-refractivity contribution in [3.05, 3.63) is 54.7 Å². The number of benzene rings is 1. The van der Waals surface area contributed by atoms with E-state index in [1.165, 1.54) is 29.5 Å². The smallest absolute Gasteiger partial charge is 0.292 e. The largest absolute Gasteiger partial charge is 0.325 e. The number of thiophene rings is 1. The number of nitrogens with one attached hydrogen (secondary N) is 2. The Labute approximate surface area is 146 Å². The third kappa shape index (κ3) is 5.18. The average molecular weight is 375 g/mol. The molecule has 0 saturated heterocycles. The third-order valence-corrected chi connectivity index (χ3v) is 4.46. The Hall–Kier alpha value is -1.67. The number of halogens is 2. The van der Waals surface area contributed by atoms with Gasteiger partial charge in [0.2, 0.25) is 0 Å². The molecule has 2 rings (SSSR count). The summed E-state index contributed by atoms with van der Waals surface area (Å²) in [7, 11) is 1.86. The number of hydrogen-bond acceptors (Lipinski definition) is 4. The van der Waals surface area contributed by atoms with Crippen molar-refractivity contribution in [2.75, 3.05) is 18.9 Å². The van der Waals surface area contributed by atoms with Crippen molar-refractivity contribution >= 4 is 51.8 Å². The highest BCUT2D eigenvalue weighted by Gasteiger charge is 2.18. The number of hydrogen-bond donors (Lipinski definition) is 2. The predicted molar refractivity (Wildman–Crippen MR) is 91.5 cm³/mol. The summed E-state index contributed by atoms with van der Waals surface area (Å²) < 4.78 is 0.701. The average Bonchev–Trinajstić information content (AvgIpc) is 2.83. The molecule has 0 spiro atoms. The number of amides is 1. The number of nitrogens with zero attached hydrogens (tertiary/aromatic N) is 1. The number of nitro benzene ring substituents is 1. The van der Waals surface area contributed by atoms with Gasteiger partial charge < -0.3 is 10.2 Å². The molecule has 0 bridgehead atoms. The van der Waals surface area contributed by atoms with E-state index in [1.807, 2.05) is 19.2 Å². The maximum Gasteiger partial charge on any atom is 0.292 e. The zero-order valence-corrected chi connectivity index (χ0v) is 14.5. The van der Waals surface area contributed by atoms with Crippen LogP contribution in [0.5, 0.6) is 0 Å². The first-order valence-electron chi connectivity index (χ1n) is 6.64. The number of quaternary nitrogens is 1. The van der Waals surface area contributed by atoms with Gasteiger partial charge >= 0.3 is 0 Å². The van der Waals surface area contributed by atoms with Crippen LogP contribution in [0.3, 0.4) is 0 Å². The van der Waals surface area contributed by atoms with Gasteiger partial charge in [-0.2, -0.15) is 0 Å². The van der Waals surface area contributed by atoms with Crippen LogP contribution in [0.25, 0.3) is 0 Å². The first kappa shape index (κ1) is 17.7. The van der Waals surface area contributed by atoms with Crippen LogP contribution in [0.1, 0.15) is 4.88 Å². The number of anilines is 1. The first-order valence-corrected chi connectivity index (χ1v) is 8.21. The van der Waals surface area contributed by atoms with E-state index < -0.39 is 4.92 Å². The molecule has 1 heterocycles. The molecule has 0 aliphatic rings. The monoisotopic (exact) mass is 374 g/mol. The molecule has 1 aromatic heterocycles. The molecule has 9 heteroatoms. The number of nitro groups is 1. The van der Waals surface area contributed by atoms with Crippen molar-refractivity contribution in [1.82, 2.24) is 0 Å². The summed E-state index contributed by atoms with van der Waals surface area (Å²) in [5.74, 6) is -0.324. The van der Waals surface area contributed by atoms with Crippen LogP contribution >= 0.6 is 34.5 Å². The molecule has 122 valence electrons. The highest BCUT2D eigenvalue weighted by Crippen LogP contribution is 2.27. The van der Waals surface area contributed by atoms with E-state index in [9.17, 15) is 14.9 Å². The minimum atomic E-state index is -0.559. The van der Waals surface area contributed by atoms with Gasteiger partial charge in [0.05, 0.1) is 21.2 Å². The lowest BCUT2D eigenvalue weighted by molar-refractivity contribution is -0.884. The van der Waals surface area contributed by atoms with Crippen LogP contribution < -0.4 is 10.2 Å². The summed E-state index contributed by atoms with van der Waals surface area (Å²) in [4.78, 5) is 24.5. The summed E-state index contributed by atoms with van der Waals surface area (Å²) in [6.45, 7) is 0.807. The number of rotatable bonds is 6. The van der Waals surface area contributed by atoms with E-state index >= 15 is 0 Å². The molecule has 0 aliphatic heterocycles. The maximum atomic E-state index is 12.1. The first-order chi connectivity index (χ1) is 10.8. The summed E-state index contributed by atoms with van der Waals surface area (Å²) in [5.41, 5.74) is -0.0927. The second kappa shape index (κ2) is 7.74. The predicted octanol–water partition coefficient (Wildman–Crippen LogP) is 2.62. The lowest BCUT2D eigenvalue weighted by Gasteiger charge is -2.13. The van der Waals surface area contributed by atoms with Crippen molar-refractivity contribution in [2.24, 2.45) is 0 Å². The third-order valence-electron chi connectivity index (χ3n) is 3.00. The molecule has 2 aromatic rings. The quantitative estimate of drug-likeness (QED) is 0.602. The van der Waals surface area contributed by atoms with Crippen LogP contribution in [0.15, 0.2) is 30.3 Å². The van der Waals surface area contributed by atoms with Gasteiger partial charge in [0.1, 0.15) is 12.2 Å². The highest BCUT2D eigenvalue weighted by atomic mass is 35.5. The fraction of sp³-hybridized carbons (Fsp3) is 0.214. The molecule has 1 amide bonds. The van der Waals surface area contributed by atoms with E-state index in [0.29, 0.717) is 15.9 Å². The Kier molecular flexibility index (Phi) is 5.95. The number of carbonyl (C=O) groups is 1. The van der Waals surface area contributed by atoms with Crippen molar-refractivity contribution in [2.45, 2.75) is 6.54 Å². The lowest BCUT2D eigenvalue weighted by Crippen LogP contribution is -3.08. The van der Waals surface area contributed by atoms with Crippen molar-refractivity contribution in [3.63, 3.8) is 0 Å². The summed E-state index contributed by atoms with van der Waals surface area (Å²) in [5, 5.41) is 13.8. The molecule has 0 saturated carbocycles. The molecule has 23 heavy (non-hydrogen) atoms. The van der Waals surface area contributed by atoms with Crippen LogP contribution in [0.4, 0.5) is 11.4 Å². The van der Waals surface area contributed by atoms with Gasteiger partial charge in [0.25, 0.3) is 11.6 Å². The van der Waals surface area contributed by atoms with Gasteiger partial charge in [0.15, 0.2) is 6.54 Å². The fourth-order valence-electron chi connectivity index (χ4n) is 2.04. The van der Waals surface area contributed by atoms with Gasteiger partial charge in [-0.05, 0) is 24.3 Å². The number of likely N-dealkylation sites (N-methyl/N-ethyl adjacent to an activating group) is 1.